The molecule has 0 saturated carbocycles. The van der Waals surface area contributed by atoms with Crippen molar-refractivity contribution in [2.45, 2.75) is 12.3 Å². The fourth-order valence-electron chi connectivity index (χ4n) is 8.40. The number of aliphatic imine (C=N–C) groups is 1. The molecule has 56 heavy (non-hydrogen) atoms. The number of amidine groups is 1. The van der Waals surface area contributed by atoms with Crippen LogP contribution in [0.25, 0.3) is 71.7 Å². The van der Waals surface area contributed by atoms with Crippen molar-refractivity contribution >= 4 is 49.6 Å². The number of fused-ring (bicyclic) bond motifs is 6. The first-order valence-electron chi connectivity index (χ1n) is 19.1. The largest absolute Gasteiger partial charge is 0.455 e. The number of benzene rings is 8. The Morgan fingerprint density at radius 3 is 1.75 bits per heavy atom. The van der Waals surface area contributed by atoms with Crippen molar-refractivity contribution in [2.75, 3.05) is 0 Å². The van der Waals surface area contributed by atoms with Gasteiger partial charge in [0.05, 0.1) is 11.0 Å². The first kappa shape index (κ1) is 32.2. The number of furan rings is 1. The van der Waals surface area contributed by atoms with Crippen LogP contribution in [0.4, 0.5) is 0 Å². The van der Waals surface area contributed by atoms with Crippen molar-refractivity contribution < 1.29 is 4.42 Å². The molecular formula is C51H36N4O. The summed E-state index contributed by atoms with van der Waals surface area (Å²) >= 11 is 0. The maximum Gasteiger partial charge on any atom is 0.143 e. The molecule has 266 valence electrons. The molecule has 1 aliphatic rings. The molecule has 3 heterocycles. The second-order valence-electron chi connectivity index (χ2n) is 14.4. The molecule has 2 atom stereocenters. The summed E-state index contributed by atoms with van der Waals surface area (Å²) in [5, 5.41) is 12.0. The van der Waals surface area contributed by atoms with E-state index >= 15 is 0 Å². The molecule has 0 fully saturated rings. The van der Waals surface area contributed by atoms with E-state index in [1.165, 1.54) is 10.8 Å². The fraction of sp³-hybridized carbons (Fsp3) is 0.0392. The summed E-state index contributed by atoms with van der Waals surface area (Å²) in [7, 11) is 0. The van der Waals surface area contributed by atoms with Gasteiger partial charge in [0.1, 0.15) is 29.3 Å². The average molecular weight is 721 g/mol. The van der Waals surface area contributed by atoms with Crippen LogP contribution in [0, 0.1) is 0 Å². The number of rotatable bonds is 6. The highest BCUT2D eigenvalue weighted by molar-refractivity contribution is 6.14. The van der Waals surface area contributed by atoms with Gasteiger partial charge < -0.3 is 14.3 Å². The topological polar surface area (TPSA) is 54.5 Å². The minimum atomic E-state index is -0.234. The Labute approximate surface area is 324 Å². The van der Waals surface area contributed by atoms with E-state index in [9.17, 15) is 0 Å². The molecular weight excluding hydrogens is 685 g/mol. The Hall–Kier alpha value is -7.21. The van der Waals surface area contributed by atoms with E-state index < -0.39 is 0 Å². The maximum absolute atomic E-state index is 6.82. The van der Waals surface area contributed by atoms with Crippen LogP contribution < -0.4 is 10.6 Å². The molecule has 0 radical (unpaired) electrons. The minimum absolute atomic E-state index is 0.0922. The standard InChI is InChI=1S/C51H36N4O/c1-4-14-33(15-5-1)39-21-12-23-43-44-24-13-22-40(48(44)56-47(39)43)37-28-31-42-41-20-10-11-25-45(41)55(46(42)32-37)38-29-26-36(27-30-38)51-53-49(34-16-6-2-7-17-34)52-50(54-51)35-18-8-3-9-19-35/h1-32,49,51,53H,(H,52,54). The molecule has 0 spiro atoms. The van der Waals surface area contributed by atoms with Crippen LogP contribution in [0.3, 0.4) is 0 Å². The smallest absolute Gasteiger partial charge is 0.143 e. The molecule has 0 aliphatic carbocycles. The van der Waals surface area contributed by atoms with Gasteiger partial charge in [-0.25, -0.2) is 4.99 Å². The highest BCUT2D eigenvalue weighted by Gasteiger charge is 2.26. The average Bonchev–Trinajstić information content (AvgIpc) is 3.83. The Kier molecular flexibility index (Phi) is 7.64. The Balaban J connectivity index is 1.02. The maximum atomic E-state index is 6.82. The van der Waals surface area contributed by atoms with Crippen molar-refractivity contribution in [3.63, 3.8) is 0 Å². The Morgan fingerprint density at radius 1 is 0.446 bits per heavy atom. The van der Waals surface area contributed by atoms with E-state index in [1.54, 1.807) is 0 Å². The van der Waals surface area contributed by atoms with Gasteiger partial charge in [0.15, 0.2) is 0 Å². The van der Waals surface area contributed by atoms with Gasteiger partial charge in [-0.15, -0.1) is 0 Å². The summed E-state index contributed by atoms with van der Waals surface area (Å²) in [6, 6.07) is 68.6. The third-order valence-electron chi connectivity index (χ3n) is 11.1. The summed E-state index contributed by atoms with van der Waals surface area (Å²) in [5.41, 5.74) is 12.9. The summed E-state index contributed by atoms with van der Waals surface area (Å²) in [6.45, 7) is 0. The summed E-state index contributed by atoms with van der Waals surface area (Å²) in [5.74, 6) is 0.873. The van der Waals surface area contributed by atoms with Crippen molar-refractivity contribution in [2.24, 2.45) is 4.99 Å². The highest BCUT2D eigenvalue weighted by atomic mass is 16.3. The molecule has 0 saturated heterocycles. The van der Waals surface area contributed by atoms with E-state index in [4.69, 9.17) is 9.41 Å². The predicted octanol–water partition coefficient (Wildman–Crippen LogP) is 12.4. The van der Waals surface area contributed by atoms with E-state index in [0.717, 1.165) is 83.4 Å². The number of nitrogens with zero attached hydrogens (tertiary/aromatic N) is 2. The second-order valence-corrected chi connectivity index (χ2v) is 14.4. The van der Waals surface area contributed by atoms with Crippen LogP contribution in [0.1, 0.15) is 29.0 Å². The van der Waals surface area contributed by atoms with Crippen LogP contribution in [-0.4, -0.2) is 10.4 Å². The molecule has 0 amide bonds. The molecule has 2 aromatic heterocycles. The van der Waals surface area contributed by atoms with E-state index in [1.807, 2.05) is 18.2 Å². The molecule has 10 aromatic rings. The van der Waals surface area contributed by atoms with Gasteiger partial charge in [-0.05, 0) is 46.5 Å². The third-order valence-corrected chi connectivity index (χ3v) is 11.1. The van der Waals surface area contributed by atoms with Crippen LogP contribution in [0.2, 0.25) is 0 Å². The zero-order chi connectivity index (χ0) is 37.0. The summed E-state index contributed by atoms with van der Waals surface area (Å²) in [4.78, 5) is 5.18. The number of hydrogen-bond acceptors (Lipinski definition) is 4. The zero-order valence-corrected chi connectivity index (χ0v) is 30.4. The molecule has 2 unspecified atom stereocenters. The monoisotopic (exact) mass is 720 g/mol. The normalized spacial score (nSPS) is 15.7. The van der Waals surface area contributed by atoms with Crippen molar-refractivity contribution in [3.8, 4) is 27.9 Å². The van der Waals surface area contributed by atoms with Gasteiger partial charge in [-0.1, -0.05) is 170 Å². The third kappa shape index (κ3) is 5.40. The van der Waals surface area contributed by atoms with Gasteiger partial charge in [-0.3, -0.25) is 5.32 Å². The van der Waals surface area contributed by atoms with Gasteiger partial charge in [0.2, 0.25) is 0 Å². The SMILES string of the molecule is c1ccc(C2=NC(c3ccc(-n4c5ccccc5c5ccc(-c6cccc7c6oc6c(-c8ccccc8)cccc67)cc54)cc3)NC(c3ccccc3)N2)cc1. The molecule has 11 rings (SSSR count). The molecule has 5 heteroatoms. The van der Waals surface area contributed by atoms with E-state index in [2.05, 4.69) is 191 Å². The second kappa shape index (κ2) is 13.3. The van der Waals surface area contributed by atoms with Crippen LogP contribution in [0.15, 0.2) is 204 Å². The van der Waals surface area contributed by atoms with Gasteiger partial charge in [-0.2, -0.15) is 0 Å². The Morgan fingerprint density at radius 2 is 1.04 bits per heavy atom. The van der Waals surface area contributed by atoms with Gasteiger partial charge >= 0.3 is 0 Å². The van der Waals surface area contributed by atoms with E-state index in [0.29, 0.717) is 0 Å². The van der Waals surface area contributed by atoms with Crippen molar-refractivity contribution in [1.82, 2.24) is 15.2 Å². The lowest BCUT2D eigenvalue weighted by Gasteiger charge is -2.32. The molecule has 2 N–H and O–H groups in total. The molecule has 0 bridgehead atoms. The fourth-order valence-corrected chi connectivity index (χ4v) is 8.40. The number of hydrogen-bond donors (Lipinski definition) is 2. The van der Waals surface area contributed by atoms with Crippen LogP contribution in [-0.2, 0) is 0 Å². The zero-order valence-electron chi connectivity index (χ0n) is 30.4. The number of aromatic nitrogens is 1. The quantitative estimate of drug-likeness (QED) is 0.180. The summed E-state index contributed by atoms with van der Waals surface area (Å²) < 4.78 is 9.20. The van der Waals surface area contributed by atoms with Crippen LogP contribution >= 0.6 is 0 Å². The van der Waals surface area contributed by atoms with Gasteiger partial charge in [0, 0.05) is 43.9 Å². The van der Waals surface area contributed by atoms with Crippen LogP contribution in [0.5, 0.6) is 0 Å². The van der Waals surface area contributed by atoms with Crippen molar-refractivity contribution in [1.29, 1.82) is 0 Å². The first-order chi connectivity index (χ1) is 27.8. The number of para-hydroxylation sites is 3. The minimum Gasteiger partial charge on any atom is -0.455 e. The predicted molar refractivity (Wildman–Crippen MR) is 230 cm³/mol. The molecule has 1 aliphatic heterocycles. The lowest BCUT2D eigenvalue weighted by molar-refractivity contribution is 0.409. The lowest BCUT2D eigenvalue weighted by Crippen LogP contribution is -2.44. The van der Waals surface area contributed by atoms with Crippen molar-refractivity contribution in [3.05, 3.63) is 211 Å². The van der Waals surface area contributed by atoms with Gasteiger partial charge in [0.25, 0.3) is 0 Å². The highest BCUT2D eigenvalue weighted by Crippen LogP contribution is 2.41. The first-order valence-corrected chi connectivity index (χ1v) is 19.1. The number of nitrogens with one attached hydrogen (secondary N) is 2. The molecule has 8 aromatic carbocycles. The lowest BCUT2D eigenvalue weighted by atomic mass is 9.99. The molecule has 5 nitrogen and oxygen atoms in total. The summed E-state index contributed by atoms with van der Waals surface area (Å²) in [6.07, 6.45) is -0.326. The van der Waals surface area contributed by atoms with E-state index in [-0.39, 0.29) is 12.3 Å². The Bertz CT molecular complexity index is 3070.